The van der Waals surface area contributed by atoms with E-state index in [-0.39, 0.29) is 5.82 Å². The van der Waals surface area contributed by atoms with Crippen molar-refractivity contribution < 1.29 is 9.13 Å². The lowest BCUT2D eigenvalue weighted by atomic mass is 10.0. The van der Waals surface area contributed by atoms with Gasteiger partial charge in [0.1, 0.15) is 5.82 Å². The van der Waals surface area contributed by atoms with E-state index in [1.54, 1.807) is 13.2 Å². The maximum atomic E-state index is 13.6. The van der Waals surface area contributed by atoms with Crippen LogP contribution < -0.4 is 5.32 Å². The summed E-state index contributed by atoms with van der Waals surface area (Å²) in [5.74, 6) is -0.164. The van der Waals surface area contributed by atoms with Crippen LogP contribution in [0, 0.1) is 5.82 Å². The van der Waals surface area contributed by atoms with E-state index >= 15 is 0 Å². The van der Waals surface area contributed by atoms with Crippen LogP contribution in [0.15, 0.2) is 18.2 Å². The molecule has 1 aliphatic rings. The van der Waals surface area contributed by atoms with Crippen LogP contribution in [0.25, 0.3) is 0 Å². The average Bonchev–Trinajstić information content (AvgIpc) is 2.74. The zero-order valence-electron chi connectivity index (χ0n) is 8.92. The molecule has 1 saturated heterocycles. The maximum Gasteiger partial charge on any atom is 0.129 e. The number of rotatable bonds is 3. The van der Waals surface area contributed by atoms with Gasteiger partial charge in [-0.3, -0.25) is 0 Å². The molecule has 1 aromatic rings. The molecule has 1 aromatic carbocycles. The van der Waals surface area contributed by atoms with Gasteiger partial charge in [-0.25, -0.2) is 4.39 Å². The zero-order valence-corrected chi connectivity index (χ0v) is 8.92. The van der Waals surface area contributed by atoms with Crippen LogP contribution in [-0.4, -0.2) is 13.7 Å². The molecule has 1 heterocycles. The van der Waals surface area contributed by atoms with Gasteiger partial charge in [0, 0.05) is 18.7 Å². The Morgan fingerprint density at radius 2 is 2.40 bits per heavy atom. The van der Waals surface area contributed by atoms with Crippen molar-refractivity contribution in [1.82, 2.24) is 5.32 Å². The Balaban J connectivity index is 2.16. The fourth-order valence-corrected chi connectivity index (χ4v) is 2.02. The van der Waals surface area contributed by atoms with E-state index in [0.717, 1.165) is 18.5 Å². The maximum absolute atomic E-state index is 13.6. The summed E-state index contributed by atoms with van der Waals surface area (Å²) in [5.41, 5.74) is 1.67. The Morgan fingerprint density at radius 1 is 1.53 bits per heavy atom. The van der Waals surface area contributed by atoms with Crippen LogP contribution in [0.4, 0.5) is 4.39 Å². The van der Waals surface area contributed by atoms with Crippen molar-refractivity contribution in [3.63, 3.8) is 0 Å². The smallest absolute Gasteiger partial charge is 0.129 e. The Bertz CT molecular complexity index is 334. The van der Waals surface area contributed by atoms with Crippen LogP contribution in [0.5, 0.6) is 0 Å². The van der Waals surface area contributed by atoms with E-state index in [2.05, 4.69) is 5.32 Å². The van der Waals surface area contributed by atoms with Crippen LogP contribution in [-0.2, 0) is 11.3 Å². The summed E-state index contributed by atoms with van der Waals surface area (Å²) < 4.78 is 18.5. The van der Waals surface area contributed by atoms with Gasteiger partial charge in [0.25, 0.3) is 0 Å². The first-order valence-corrected chi connectivity index (χ1v) is 5.32. The quantitative estimate of drug-likeness (QED) is 0.825. The van der Waals surface area contributed by atoms with Gasteiger partial charge in [0.05, 0.1) is 6.61 Å². The van der Waals surface area contributed by atoms with E-state index < -0.39 is 0 Å². The lowest BCUT2D eigenvalue weighted by Crippen LogP contribution is -2.13. The lowest BCUT2D eigenvalue weighted by Gasteiger charge is -2.11. The molecule has 1 N–H and O–H groups in total. The Hall–Kier alpha value is -0.930. The van der Waals surface area contributed by atoms with Crippen molar-refractivity contribution >= 4 is 0 Å². The van der Waals surface area contributed by atoms with E-state index in [0.29, 0.717) is 18.2 Å². The second-order valence-electron chi connectivity index (χ2n) is 3.93. The molecule has 0 saturated carbocycles. The number of methoxy groups -OCH3 is 1. The average molecular weight is 209 g/mol. The zero-order chi connectivity index (χ0) is 10.7. The molecule has 1 atom stereocenters. The third-order valence-electron chi connectivity index (χ3n) is 2.84. The third-order valence-corrected chi connectivity index (χ3v) is 2.84. The highest BCUT2D eigenvalue weighted by atomic mass is 19.1. The molecule has 2 nitrogen and oxygen atoms in total. The summed E-state index contributed by atoms with van der Waals surface area (Å²) in [6.07, 6.45) is 2.27. The number of hydrogen-bond donors (Lipinski definition) is 1. The monoisotopic (exact) mass is 209 g/mol. The SMILES string of the molecule is COCc1ccc(C2CCCN2)cc1F. The van der Waals surface area contributed by atoms with E-state index in [1.165, 1.54) is 6.42 Å². The summed E-state index contributed by atoms with van der Waals surface area (Å²) in [4.78, 5) is 0. The molecule has 2 rings (SSSR count). The Morgan fingerprint density at radius 3 is 3.00 bits per heavy atom. The molecule has 0 radical (unpaired) electrons. The molecular formula is C12H16FNO. The molecule has 0 aromatic heterocycles. The lowest BCUT2D eigenvalue weighted by molar-refractivity contribution is 0.181. The molecule has 15 heavy (non-hydrogen) atoms. The Kier molecular flexibility index (Phi) is 3.34. The van der Waals surface area contributed by atoms with Crippen molar-refractivity contribution in [3.8, 4) is 0 Å². The number of ether oxygens (including phenoxy) is 1. The highest BCUT2D eigenvalue weighted by Crippen LogP contribution is 2.24. The van der Waals surface area contributed by atoms with E-state index in [9.17, 15) is 4.39 Å². The minimum Gasteiger partial charge on any atom is -0.380 e. The highest BCUT2D eigenvalue weighted by Gasteiger charge is 2.17. The van der Waals surface area contributed by atoms with Gasteiger partial charge >= 0.3 is 0 Å². The standard InChI is InChI=1S/C12H16FNO/c1-15-8-10-5-4-9(7-11(10)13)12-3-2-6-14-12/h4-5,7,12,14H,2-3,6,8H2,1H3. The molecule has 1 fully saturated rings. The molecule has 0 spiro atoms. The van der Waals surface area contributed by atoms with Gasteiger partial charge in [0.2, 0.25) is 0 Å². The number of halogens is 1. The van der Waals surface area contributed by atoms with Gasteiger partial charge in [-0.2, -0.15) is 0 Å². The molecule has 1 aliphatic heterocycles. The molecule has 0 bridgehead atoms. The molecular weight excluding hydrogens is 193 g/mol. The van der Waals surface area contributed by atoms with Crippen molar-refractivity contribution in [2.24, 2.45) is 0 Å². The largest absolute Gasteiger partial charge is 0.380 e. The summed E-state index contributed by atoms with van der Waals surface area (Å²) in [6.45, 7) is 1.37. The third kappa shape index (κ3) is 2.36. The van der Waals surface area contributed by atoms with Gasteiger partial charge in [-0.15, -0.1) is 0 Å². The summed E-state index contributed by atoms with van der Waals surface area (Å²) in [7, 11) is 1.58. The molecule has 0 aliphatic carbocycles. The van der Waals surface area contributed by atoms with Crippen molar-refractivity contribution in [3.05, 3.63) is 35.1 Å². The summed E-state index contributed by atoms with van der Waals surface area (Å²) >= 11 is 0. The normalized spacial score (nSPS) is 20.8. The molecule has 1 unspecified atom stereocenters. The first kappa shape index (κ1) is 10.6. The van der Waals surface area contributed by atoms with Crippen molar-refractivity contribution in [1.29, 1.82) is 0 Å². The van der Waals surface area contributed by atoms with Crippen molar-refractivity contribution in [2.45, 2.75) is 25.5 Å². The summed E-state index contributed by atoms with van der Waals surface area (Å²) in [6, 6.07) is 5.75. The van der Waals surface area contributed by atoms with Crippen LogP contribution >= 0.6 is 0 Å². The van der Waals surface area contributed by atoms with Gasteiger partial charge < -0.3 is 10.1 Å². The Labute approximate surface area is 89.4 Å². The molecule has 82 valence electrons. The first-order chi connectivity index (χ1) is 7.31. The second-order valence-corrected chi connectivity index (χ2v) is 3.93. The fourth-order valence-electron chi connectivity index (χ4n) is 2.02. The molecule has 3 heteroatoms. The van der Waals surface area contributed by atoms with Crippen LogP contribution in [0.1, 0.15) is 30.0 Å². The second kappa shape index (κ2) is 4.73. The van der Waals surface area contributed by atoms with Gasteiger partial charge in [-0.05, 0) is 31.0 Å². The number of nitrogens with one attached hydrogen (secondary N) is 1. The van der Waals surface area contributed by atoms with Gasteiger partial charge in [0.15, 0.2) is 0 Å². The first-order valence-electron chi connectivity index (χ1n) is 5.32. The topological polar surface area (TPSA) is 21.3 Å². The predicted octanol–water partition coefficient (Wildman–Crippen LogP) is 2.40. The fraction of sp³-hybridized carbons (Fsp3) is 0.500. The summed E-state index contributed by atoms with van der Waals surface area (Å²) in [5, 5.41) is 3.35. The highest BCUT2D eigenvalue weighted by molar-refractivity contribution is 5.26. The van der Waals surface area contributed by atoms with Crippen molar-refractivity contribution in [2.75, 3.05) is 13.7 Å². The number of hydrogen-bond acceptors (Lipinski definition) is 2. The van der Waals surface area contributed by atoms with E-state index in [4.69, 9.17) is 4.74 Å². The van der Waals surface area contributed by atoms with Crippen LogP contribution in [0.3, 0.4) is 0 Å². The van der Waals surface area contributed by atoms with E-state index in [1.807, 2.05) is 12.1 Å². The van der Waals surface area contributed by atoms with Crippen LogP contribution in [0.2, 0.25) is 0 Å². The molecule has 0 amide bonds. The van der Waals surface area contributed by atoms with Gasteiger partial charge in [-0.1, -0.05) is 12.1 Å². The predicted molar refractivity (Wildman–Crippen MR) is 57.1 cm³/mol. The number of benzene rings is 1. The minimum absolute atomic E-state index is 0.164. The minimum atomic E-state index is -0.164.